The topological polar surface area (TPSA) is 94.8 Å². The Hall–Kier alpha value is -2.82. The van der Waals surface area contributed by atoms with Gasteiger partial charge < -0.3 is 15.3 Å². The molecule has 5 heteroatoms. The van der Waals surface area contributed by atoms with Crippen LogP contribution < -0.4 is 0 Å². The van der Waals surface area contributed by atoms with Crippen LogP contribution in [-0.4, -0.2) is 26.9 Å². The van der Waals surface area contributed by atoms with Crippen LogP contribution in [0.15, 0.2) is 30.3 Å². The molecule has 2 aromatic rings. The predicted octanol–water partition coefficient (Wildman–Crippen LogP) is 5.14. The number of hydrogen-bond donors (Lipinski definition) is 3. The zero-order valence-electron chi connectivity index (χ0n) is 16.5. The smallest absolute Gasteiger partial charge is 0.204 e. The van der Waals surface area contributed by atoms with Crippen LogP contribution in [0.2, 0.25) is 0 Å². The fourth-order valence-electron chi connectivity index (χ4n) is 3.22. The van der Waals surface area contributed by atoms with E-state index in [1.807, 2.05) is 0 Å². The quantitative estimate of drug-likeness (QED) is 0.389. The standard InChI is InChI=1S/C23H28O5/c1-3-4-5-6-7-8-9-16-11-13-19(25)21(22(16)27)23(28)18-12-10-17(15(2)24)14-20(18)26/h10-14,25-27H,3-9H2,1-2H3. The van der Waals surface area contributed by atoms with Crippen LogP contribution in [0.3, 0.4) is 0 Å². The molecule has 0 amide bonds. The molecule has 0 bridgehead atoms. The van der Waals surface area contributed by atoms with Gasteiger partial charge in [0.1, 0.15) is 22.8 Å². The first-order valence-electron chi connectivity index (χ1n) is 9.79. The molecule has 0 unspecified atom stereocenters. The van der Waals surface area contributed by atoms with E-state index in [2.05, 4.69) is 6.92 Å². The molecule has 0 radical (unpaired) electrons. The Balaban J connectivity index is 2.21. The minimum Gasteiger partial charge on any atom is -0.507 e. The average molecular weight is 384 g/mol. The number of phenolic OH excluding ortho intramolecular Hbond substituents is 3. The summed E-state index contributed by atoms with van der Waals surface area (Å²) in [6.07, 6.45) is 7.25. The van der Waals surface area contributed by atoms with E-state index in [-0.39, 0.29) is 39.7 Å². The van der Waals surface area contributed by atoms with Crippen molar-refractivity contribution in [3.05, 3.63) is 52.6 Å². The summed E-state index contributed by atoms with van der Waals surface area (Å²) in [5, 5.41) is 30.8. The van der Waals surface area contributed by atoms with Crippen molar-refractivity contribution < 1.29 is 24.9 Å². The number of hydrogen-bond acceptors (Lipinski definition) is 5. The van der Waals surface area contributed by atoms with Crippen molar-refractivity contribution >= 4 is 11.6 Å². The molecule has 2 rings (SSSR count). The third-order valence-electron chi connectivity index (χ3n) is 4.92. The Morgan fingerprint density at radius 3 is 2.18 bits per heavy atom. The maximum absolute atomic E-state index is 12.8. The number of carbonyl (C=O) groups is 2. The monoisotopic (exact) mass is 384 g/mol. The van der Waals surface area contributed by atoms with E-state index in [0.29, 0.717) is 12.0 Å². The number of unbranched alkanes of at least 4 members (excludes halogenated alkanes) is 5. The van der Waals surface area contributed by atoms with Crippen LogP contribution in [0, 0.1) is 0 Å². The van der Waals surface area contributed by atoms with Gasteiger partial charge in [-0.05, 0) is 43.5 Å². The van der Waals surface area contributed by atoms with Gasteiger partial charge in [-0.2, -0.15) is 0 Å². The van der Waals surface area contributed by atoms with E-state index < -0.39 is 5.78 Å². The fourth-order valence-corrected chi connectivity index (χ4v) is 3.22. The molecule has 0 aliphatic heterocycles. The second-order valence-corrected chi connectivity index (χ2v) is 7.10. The highest BCUT2D eigenvalue weighted by atomic mass is 16.3. The molecular formula is C23H28O5. The molecule has 3 N–H and O–H groups in total. The van der Waals surface area contributed by atoms with Crippen molar-refractivity contribution in [1.29, 1.82) is 0 Å². The van der Waals surface area contributed by atoms with Crippen LogP contribution >= 0.6 is 0 Å². The maximum atomic E-state index is 12.8. The van der Waals surface area contributed by atoms with Gasteiger partial charge in [0.15, 0.2) is 5.78 Å². The van der Waals surface area contributed by atoms with E-state index >= 15 is 0 Å². The highest BCUT2D eigenvalue weighted by molar-refractivity contribution is 6.14. The van der Waals surface area contributed by atoms with Crippen LogP contribution in [0.1, 0.15) is 84.2 Å². The van der Waals surface area contributed by atoms with Crippen LogP contribution in [0.5, 0.6) is 17.2 Å². The molecule has 0 saturated carbocycles. The second kappa shape index (κ2) is 9.93. The first kappa shape index (κ1) is 21.5. The summed E-state index contributed by atoms with van der Waals surface area (Å²) in [4.78, 5) is 24.2. The summed E-state index contributed by atoms with van der Waals surface area (Å²) in [5.74, 6) is -1.89. The lowest BCUT2D eigenvalue weighted by molar-refractivity contribution is 0.100. The summed E-state index contributed by atoms with van der Waals surface area (Å²) >= 11 is 0. The molecule has 0 spiro atoms. The Morgan fingerprint density at radius 1 is 0.857 bits per heavy atom. The Kier molecular flexibility index (Phi) is 7.61. The SMILES string of the molecule is CCCCCCCCc1ccc(O)c(C(=O)c2ccc(C(C)=O)cc2O)c1O. The van der Waals surface area contributed by atoms with Crippen molar-refractivity contribution in [1.82, 2.24) is 0 Å². The lowest BCUT2D eigenvalue weighted by Crippen LogP contribution is -2.05. The normalized spacial score (nSPS) is 10.8. The molecule has 0 aliphatic carbocycles. The number of rotatable bonds is 10. The van der Waals surface area contributed by atoms with Crippen molar-refractivity contribution in [3.8, 4) is 17.2 Å². The van der Waals surface area contributed by atoms with E-state index in [0.717, 1.165) is 19.3 Å². The number of aryl methyl sites for hydroxylation is 1. The molecule has 0 heterocycles. The average Bonchev–Trinajstić information content (AvgIpc) is 2.65. The van der Waals surface area contributed by atoms with E-state index in [1.165, 1.54) is 50.5 Å². The molecule has 28 heavy (non-hydrogen) atoms. The number of Topliss-reactive ketones (excluding diaryl/α,β-unsaturated/α-hetero) is 1. The van der Waals surface area contributed by atoms with Gasteiger partial charge in [-0.3, -0.25) is 9.59 Å². The van der Waals surface area contributed by atoms with Gasteiger partial charge in [0.25, 0.3) is 0 Å². The summed E-state index contributed by atoms with van der Waals surface area (Å²) in [6, 6.07) is 6.98. The van der Waals surface area contributed by atoms with E-state index in [1.54, 1.807) is 6.07 Å². The summed E-state index contributed by atoms with van der Waals surface area (Å²) in [6.45, 7) is 3.53. The zero-order valence-corrected chi connectivity index (χ0v) is 16.5. The molecule has 150 valence electrons. The second-order valence-electron chi connectivity index (χ2n) is 7.10. The summed E-state index contributed by atoms with van der Waals surface area (Å²) in [5.41, 5.74) is 0.567. The predicted molar refractivity (Wildman–Crippen MR) is 108 cm³/mol. The minimum absolute atomic E-state index is 0.0766. The lowest BCUT2D eigenvalue weighted by atomic mass is 9.95. The maximum Gasteiger partial charge on any atom is 0.204 e. The minimum atomic E-state index is -0.688. The molecule has 0 saturated heterocycles. The Morgan fingerprint density at radius 2 is 1.54 bits per heavy atom. The lowest BCUT2D eigenvalue weighted by Gasteiger charge is -2.12. The van der Waals surface area contributed by atoms with Gasteiger partial charge in [0.2, 0.25) is 5.78 Å². The number of benzene rings is 2. The first-order chi connectivity index (χ1) is 13.4. The molecule has 0 atom stereocenters. The molecule has 0 aliphatic rings. The summed E-state index contributed by atoms with van der Waals surface area (Å²) in [7, 11) is 0. The van der Waals surface area contributed by atoms with Gasteiger partial charge in [-0.25, -0.2) is 0 Å². The fraction of sp³-hybridized carbons (Fsp3) is 0.391. The van der Waals surface area contributed by atoms with Crippen molar-refractivity contribution in [2.24, 2.45) is 0 Å². The van der Waals surface area contributed by atoms with E-state index in [4.69, 9.17) is 0 Å². The van der Waals surface area contributed by atoms with Crippen molar-refractivity contribution in [2.45, 2.75) is 58.8 Å². The first-order valence-corrected chi connectivity index (χ1v) is 9.79. The molecule has 2 aromatic carbocycles. The molecule has 5 nitrogen and oxygen atoms in total. The largest absolute Gasteiger partial charge is 0.507 e. The van der Waals surface area contributed by atoms with Gasteiger partial charge in [0.05, 0.1) is 5.56 Å². The number of phenols is 3. The van der Waals surface area contributed by atoms with Crippen molar-refractivity contribution in [3.63, 3.8) is 0 Å². The summed E-state index contributed by atoms with van der Waals surface area (Å²) < 4.78 is 0. The van der Waals surface area contributed by atoms with Crippen LogP contribution in [0.25, 0.3) is 0 Å². The Bertz CT molecular complexity index is 854. The highest BCUT2D eigenvalue weighted by Crippen LogP contribution is 2.35. The van der Waals surface area contributed by atoms with Gasteiger partial charge in [-0.15, -0.1) is 0 Å². The number of carbonyl (C=O) groups excluding carboxylic acids is 2. The van der Waals surface area contributed by atoms with Crippen molar-refractivity contribution in [2.75, 3.05) is 0 Å². The zero-order chi connectivity index (χ0) is 20.7. The molecule has 0 aromatic heterocycles. The number of aromatic hydroxyl groups is 3. The van der Waals surface area contributed by atoms with Gasteiger partial charge in [0, 0.05) is 5.56 Å². The molecule has 0 fully saturated rings. The third kappa shape index (κ3) is 5.12. The molecular weight excluding hydrogens is 356 g/mol. The van der Waals surface area contributed by atoms with Crippen LogP contribution in [0.4, 0.5) is 0 Å². The number of ketones is 2. The Labute approximate surface area is 165 Å². The van der Waals surface area contributed by atoms with Gasteiger partial charge >= 0.3 is 0 Å². The van der Waals surface area contributed by atoms with Crippen LogP contribution in [-0.2, 0) is 6.42 Å². The van der Waals surface area contributed by atoms with Gasteiger partial charge in [-0.1, -0.05) is 51.2 Å². The third-order valence-corrected chi connectivity index (χ3v) is 4.92. The van der Waals surface area contributed by atoms with E-state index in [9.17, 15) is 24.9 Å². The highest BCUT2D eigenvalue weighted by Gasteiger charge is 2.23.